The Morgan fingerprint density at radius 3 is 2.53 bits per heavy atom. The number of benzene rings is 1. The standard InChI is InChI=1S/C13H20ClNO2/c1-5-9(2)15-8-10-6-11(14)7-12(16-3)13(10)17-4/h6-7,9,15H,5,8H2,1-4H3/t9-/m1/s1. The molecule has 0 radical (unpaired) electrons. The number of hydrogen-bond acceptors (Lipinski definition) is 3. The summed E-state index contributed by atoms with van der Waals surface area (Å²) >= 11 is 6.04. The zero-order valence-corrected chi connectivity index (χ0v) is 11.6. The van der Waals surface area contributed by atoms with E-state index in [0.717, 1.165) is 24.3 Å². The van der Waals surface area contributed by atoms with E-state index in [2.05, 4.69) is 19.2 Å². The van der Waals surface area contributed by atoms with Crippen LogP contribution in [0.5, 0.6) is 11.5 Å². The largest absolute Gasteiger partial charge is 0.493 e. The third-order valence-corrected chi connectivity index (χ3v) is 2.99. The summed E-state index contributed by atoms with van der Waals surface area (Å²) in [6.45, 7) is 5.01. The minimum atomic E-state index is 0.463. The van der Waals surface area contributed by atoms with E-state index in [0.29, 0.717) is 16.8 Å². The second-order valence-electron chi connectivity index (χ2n) is 3.99. The SMILES string of the molecule is CC[C@@H](C)NCc1cc(Cl)cc(OC)c1OC. The Bertz CT molecular complexity index is 369. The maximum absolute atomic E-state index is 6.04. The highest BCUT2D eigenvalue weighted by Crippen LogP contribution is 2.34. The van der Waals surface area contributed by atoms with Crippen molar-refractivity contribution in [1.29, 1.82) is 0 Å². The van der Waals surface area contributed by atoms with Gasteiger partial charge < -0.3 is 14.8 Å². The zero-order valence-electron chi connectivity index (χ0n) is 10.8. The van der Waals surface area contributed by atoms with Crippen LogP contribution in [0.15, 0.2) is 12.1 Å². The molecule has 4 heteroatoms. The molecule has 1 atom stereocenters. The van der Waals surface area contributed by atoms with E-state index >= 15 is 0 Å². The summed E-state index contributed by atoms with van der Waals surface area (Å²) in [6.07, 6.45) is 1.08. The molecule has 0 spiro atoms. The molecular weight excluding hydrogens is 238 g/mol. The molecule has 1 aromatic carbocycles. The monoisotopic (exact) mass is 257 g/mol. The van der Waals surface area contributed by atoms with Crippen LogP contribution in [0.2, 0.25) is 5.02 Å². The van der Waals surface area contributed by atoms with E-state index in [-0.39, 0.29) is 0 Å². The summed E-state index contributed by atoms with van der Waals surface area (Å²) in [5.74, 6) is 1.41. The van der Waals surface area contributed by atoms with Crippen molar-refractivity contribution < 1.29 is 9.47 Å². The molecule has 0 aromatic heterocycles. The molecule has 17 heavy (non-hydrogen) atoms. The Labute approximate surface area is 108 Å². The molecule has 0 aliphatic heterocycles. The number of rotatable bonds is 6. The van der Waals surface area contributed by atoms with Gasteiger partial charge in [0.15, 0.2) is 11.5 Å². The number of nitrogens with one attached hydrogen (secondary N) is 1. The molecule has 1 aromatic rings. The number of ether oxygens (including phenoxy) is 2. The van der Waals surface area contributed by atoms with Gasteiger partial charge >= 0.3 is 0 Å². The molecule has 0 bridgehead atoms. The Hall–Kier alpha value is -0.930. The summed E-state index contributed by atoms with van der Waals surface area (Å²) in [7, 11) is 3.25. The van der Waals surface area contributed by atoms with Crippen LogP contribution in [0.1, 0.15) is 25.8 Å². The highest BCUT2D eigenvalue weighted by Gasteiger charge is 2.12. The second kappa shape index (κ2) is 6.72. The summed E-state index contributed by atoms with van der Waals surface area (Å²) in [5, 5.41) is 4.06. The summed E-state index contributed by atoms with van der Waals surface area (Å²) in [4.78, 5) is 0. The molecule has 0 fully saturated rings. The fourth-order valence-electron chi connectivity index (χ4n) is 1.57. The molecule has 1 rings (SSSR count). The van der Waals surface area contributed by atoms with Crippen LogP contribution in [-0.2, 0) is 6.54 Å². The Morgan fingerprint density at radius 1 is 1.29 bits per heavy atom. The van der Waals surface area contributed by atoms with Crippen molar-refractivity contribution in [2.45, 2.75) is 32.9 Å². The van der Waals surface area contributed by atoms with E-state index in [9.17, 15) is 0 Å². The van der Waals surface area contributed by atoms with Gasteiger partial charge in [-0.25, -0.2) is 0 Å². The van der Waals surface area contributed by atoms with Crippen LogP contribution in [0.4, 0.5) is 0 Å². The number of halogens is 1. The maximum Gasteiger partial charge on any atom is 0.165 e. The van der Waals surface area contributed by atoms with Crippen molar-refractivity contribution >= 4 is 11.6 Å². The molecule has 0 saturated heterocycles. The first kappa shape index (κ1) is 14.1. The lowest BCUT2D eigenvalue weighted by Gasteiger charge is -2.16. The molecule has 0 unspecified atom stereocenters. The average molecular weight is 258 g/mol. The molecule has 96 valence electrons. The lowest BCUT2D eigenvalue weighted by atomic mass is 10.1. The zero-order chi connectivity index (χ0) is 12.8. The first-order valence-corrected chi connectivity index (χ1v) is 6.13. The van der Waals surface area contributed by atoms with Gasteiger partial charge in [0.25, 0.3) is 0 Å². The van der Waals surface area contributed by atoms with Gasteiger partial charge in [-0.2, -0.15) is 0 Å². The van der Waals surface area contributed by atoms with Crippen molar-refractivity contribution in [3.05, 3.63) is 22.7 Å². The molecular formula is C13H20ClNO2. The fraction of sp³-hybridized carbons (Fsp3) is 0.538. The van der Waals surface area contributed by atoms with Gasteiger partial charge in [0.2, 0.25) is 0 Å². The number of hydrogen-bond donors (Lipinski definition) is 1. The first-order chi connectivity index (χ1) is 8.12. The smallest absolute Gasteiger partial charge is 0.165 e. The van der Waals surface area contributed by atoms with Crippen molar-refractivity contribution in [2.24, 2.45) is 0 Å². The highest BCUT2D eigenvalue weighted by molar-refractivity contribution is 6.30. The maximum atomic E-state index is 6.04. The van der Waals surface area contributed by atoms with Crippen LogP contribution in [-0.4, -0.2) is 20.3 Å². The Balaban J connectivity index is 2.92. The fourth-order valence-corrected chi connectivity index (χ4v) is 1.80. The Morgan fingerprint density at radius 2 is 2.00 bits per heavy atom. The topological polar surface area (TPSA) is 30.5 Å². The van der Waals surface area contributed by atoms with E-state index in [1.165, 1.54) is 0 Å². The van der Waals surface area contributed by atoms with Crippen LogP contribution < -0.4 is 14.8 Å². The number of methoxy groups -OCH3 is 2. The van der Waals surface area contributed by atoms with E-state index < -0.39 is 0 Å². The van der Waals surface area contributed by atoms with Crippen LogP contribution in [0, 0.1) is 0 Å². The van der Waals surface area contributed by atoms with E-state index in [1.807, 2.05) is 6.07 Å². The van der Waals surface area contributed by atoms with Crippen molar-refractivity contribution in [3.8, 4) is 11.5 Å². The highest BCUT2D eigenvalue weighted by atomic mass is 35.5. The molecule has 3 nitrogen and oxygen atoms in total. The predicted molar refractivity (Wildman–Crippen MR) is 71.1 cm³/mol. The molecule has 0 amide bonds. The van der Waals surface area contributed by atoms with Gasteiger partial charge in [-0.05, 0) is 19.4 Å². The second-order valence-corrected chi connectivity index (χ2v) is 4.43. The minimum absolute atomic E-state index is 0.463. The lowest BCUT2D eigenvalue weighted by Crippen LogP contribution is -2.24. The Kier molecular flexibility index (Phi) is 5.59. The summed E-state index contributed by atoms with van der Waals surface area (Å²) < 4.78 is 10.6. The van der Waals surface area contributed by atoms with Crippen molar-refractivity contribution in [3.63, 3.8) is 0 Å². The third kappa shape index (κ3) is 3.79. The predicted octanol–water partition coefficient (Wildman–Crippen LogP) is 3.25. The van der Waals surface area contributed by atoms with Gasteiger partial charge in [-0.3, -0.25) is 0 Å². The third-order valence-electron chi connectivity index (χ3n) is 2.77. The van der Waals surface area contributed by atoms with Crippen molar-refractivity contribution in [1.82, 2.24) is 5.32 Å². The normalized spacial score (nSPS) is 12.3. The molecule has 0 aliphatic rings. The first-order valence-electron chi connectivity index (χ1n) is 5.76. The lowest BCUT2D eigenvalue weighted by molar-refractivity contribution is 0.350. The van der Waals surface area contributed by atoms with Gasteiger partial charge in [-0.15, -0.1) is 0 Å². The van der Waals surface area contributed by atoms with E-state index in [1.54, 1.807) is 20.3 Å². The van der Waals surface area contributed by atoms with Gasteiger partial charge in [-0.1, -0.05) is 18.5 Å². The molecule has 1 N–H and O–H groups in total. The summed E-state index contributed by atoms with van der Waals surface area (Å²) in [5.41, 5.74) is 1.01. The quantitative estimate of drug-likeness (QED) is 0.849. The summed E-state index contributed by atoms with van der Waals surface area (Å²) in [6, 6.07) is 4.12. The van der Waals surface area contributed by atoms with Crippen LogP contribution in [0.3, 0.4) is 0 Å². The minimum Gasteiger partial charge on any atom is -0.493 e. The van der Waals surface area contributed by atoms with Crippen LogP contribution in [0.25, 0.3) is 0 Å². The molecule has 0 saturated carbocycles. The van der Waals surface area contributed by atoms with E-state index in [4.69, 9.17) is 21.1 Å². The average Bonchev–Trinajstić information content (AvgIpc) is 2.34. The van der Waals surface area contributed by atoms with Crippen molar-refractivity contribution in [2.75, 3.05) is 14.2 Å². The van der Waals surface area contributed by atoms with Gasteiger partial charge in [0.05, 0.1) is 14.2 Å². The van der Waals surface area contributed by atoms with Gasteiger partial charge in [0.1, 0.15) is 0 Å². The van der Waals surface area contributed by atoms with Gasteiger partial charge in [0, 0.05) is 29.2 Å². The molecule has 0 heterocycles. The molecule has 0 aliphatic carbocycles. The van der Waals surface area contributed by atoms with Crippen LogP contribution >= 0.6 is 11.6 Å².